The third-order valence-corrected chi connectivity index (χ3v) is 3.94. The summed E-state index contributed by atoms with van der Waals surface area (Å²) >= 11 is 0. The first kappa shape index (κ1) is 19.6. The van der Waals surface area contributed by atoms with Gasteiger partial charge in [0.25, 0.3) is 0 Å². The molecule has 0 spiro atoms. The Labute approximate surface area is 164 Å². The van der Waals surface area contributed by atoms with Crippen molar-refractivity contribution in [2.75, 3.05) is 26.7 Å². The molecule has 1 atom stereocenters. The highest BCUT2D eigenvalue weighted by molar-refractivity contribution is 14.0. The minimum absolute atomic E-state index is 0. The van der Waals surface area contributed by atoms with Crippen LogP contribution in [0.25, 0.3) is 0 Å². The van der Waals surface area contributed by atoms with E-state index in [2.05, 4.69) is 30.3 Å². The van der Waals surface area contributed by atoms with Crippen molar-refractivity contribution >= 4 is 29.9 Å². The molecule has 1 unspecified atom stereocenters. The molecule has 0 radical (unpaired) electrons. The number of hydrogen-bond acceptors (Lipinski definition) is 5. The Kier molecular flexibility index (Phi) is 7.12. The number of nitrogens with zero attached hydrogens (tertiary/aromatic N) is 6. The van der Waals surface area contributed by atoms with Gasteiger partial charge >= 0.3 is 0 Å². The molecule has 1 fully saturated rings. The number of morpholine rings is 1. The number of aromatic nitrogens is 4. The minimum atomic E-state index is 0. The Balaban J connectivity index is 0.00000225. The second-order valence-electron chi connectivity index (χ2n) is 5.75. The summed E-state index contributed by atoms with van der Waals surface area (Å²) in [6.07, 6.45) is 5.63. The van der Waals surface area contributed by atoms with E-state index in [1.54, 1.807) is 17.9 Å². The van der Waals surface area contributed by atoms with Crippen molar-refractivity contribution in [1.82, 2.24) is 30.0 Å². The molecule has 8 nitrogen and oxygen atoms in total. The van der Waals surface area contributed by atoms with Crippen LogP contribution >= 0.6 is 24.0 Å². The Morgan fingerprint density at radius 1 is 1.48 bits per heavy atom. The van der Waals surface area contributed by atoms with E-state index in [0.29, 0.717) is 13.2 Å². The van der Waals surface area contributed by atoms with Crippen molar-refractivity contribution in [1.29, 1.82) is 0 Å². The lowest BCUT2D eigenvalue weighted by atomic mass is 10.1. The fourth-order valence-electron chi connectivity index (χ4n) is 2.76. The number of rotatable bonds is 3. The Morgan fingerprint density at radius 3 is 3.00 bits per heavy atom. The average molecular weight is 457 g/mol. The Bertz CT molecular complexity index is 718. The summed E-state index contributed by atoms with van der Waals surface area (Å²) in [6, 6.07) is 1.91. The van der Waals surface area contributed by atoms with Gasteiger partial charge in [-0.3, -0.25) is 9.67 Å². The maximum absolute atomic E-state index is 5.88. The van der Waals surface area contributed by atoms with E-state index in [9.17, 15) is 0 Å². The van der Waals surface area contributed by atoms with E-state index < -0.39 is 0 Å². The summed E-state index contributed by atoms with van der Waals surface area (Å²) in [5, 5.41) is 7.59. The highest BCUT2D eigenvalue weighted by atomic mass is 127. The van der Waals surface area contributed by atoms with Gasteiger partial charge in [0.1, 0.15) is 11.9 Å². The third kappa shape index (κ3) is 5.11. The molecule has 0 aromatic carbocycles. The standard InChI is InChI=1S/C16H23N7O.HI/c1-12-18-5-4-14(21-12)9-19-16(17-2)23-6-7-24-15(11-23)13-8-20-22(3)10-13;/h4-5,8,10,15H,6-7,9,11H2,1-3H3,(H,17,19);1H. The van der Waals surface area contributed by atoms with Crippen molar-refractivity contribution < 1.29 is 4.74 Å². The van der Waals surface area contributed by atoms with Crippen LogP contribution in [0.3, 0.4) is 0 Å². The summed E-state index contributed by atoms with van der Waals surface area (Å²) in [6.45, 7) is 4.71. The lowest BCUT2D eigenvalue weighted by molar-refractivity contribution is -0.00805. The number of aliphatic imine (C=N–C) groups is 1. The van der Waals surface area contributed by atoms with Gasteiger partial charge in [-0.2, -0.15) is 5.10 Å². The van der Waals surface area contributed by atoms with E-state index in [1.165, 1.54) is 0 Å². The number of aryl methyl sites for hydroxylation is 2. The number of halogens is 1. The third-order valence-electron chi connectivity index (χ3n) is 3.94. The molecule has 2 aromatic heterocycles. The van der Waals surface area contributed by atoms with Crippen molar-refractivity contribution in [2.24, 2.45) is 12.0 Å². The Hall–Kier alpha value is -1.75. The number of guanidine groups is 1. The molecule has 9 heteroatoms. The zero-order valence-corrected chi connectivity index (χ0v) is 17.0. The first-order valence-electron chi connectivity index (χ1n) is 8.00. The fourth-order valence-corrected chi connectivity index (χ4v) is 2.76. The maximum Gasteiger partial charge on any atom is 0.194 e. The first-order valence-corrected chi connectivity index (χ1v) is 8.00. The zero-order valence-electron chi connectivity index (χ0n) is 14.7. The van der Waals surface area contributed by atoms with Crippen molar-refractivity contribution in [2.45, 2.75) is 19.6 Å². The molecule has 1 N–H and O–H groups in total. The second kappa shape index (κ2) is 9.09. The second-order valence-corrected chi connectivity index (χ2v) is 5.75. The summed E-state index contributed by atoms with van der Waals surface area (Å²) in [5.74, 6) is 1.62. The molecule has 0 bridgehead atoms. The smallest absolute Gasteiger partial charge is 0.194 e. The summed E-state index contributed by atoms with van der Waals surface area (Å²) < 4.78 is 7.68. The van der Waals surface area contributed by atoms with Crippen LogP contribution in [0.4, 0.5) is 0 Å². The van der Waals surface area contributed by atoms with E-state index in [4.69, 9.17) is 4.74 Å². The summed E-state index contributed by atoms with van der Waals surface area (Å²) in [7, 11) is 3.70. The maximum atomic E-state index is 5.88. The van der Waals surface area contributed by atoms with E-state index in [-0.39, 0.29) is 30.1 Å². The van der Waals surface area contributed by atoms with Gasteiger partial charge in [0.2, 0.25) is 0 Å². The van der Waals surface area contributed by atoms with Crippen LogP contribution in [0, 0.1) is 6.92 Å². The van der Waals surface area contributed by atoms with Crippen LogP contribution in [0.1, 0.15) is 23.2 Å². The molecule has 1 aliphatic rings. The van der Waals surface area contributed by atoms with Crippen LogP contribution in [0.15, 0.2) is 29.6 Å². The monoisotopic (exact) mass is 457 g/mol. The van der Waals surface area contributed by atoms with Crippen molar-refractivity contribution in [3.8, 4) is 0 Å². The van der Waals surface area contributed by atoms with Crippen LogP contribution in [0.2, 0.25) is 0 Å². The van der Waals surface area contributed by atoms with Gasteiger partial charge in [-0.05, 0) is 13.0 Å². The van der Waals surface area contributed by atoms with Gasteiger partial charge < -0.3 is 15.0 Å². The van der Waals surface area contributed by atoms with E-state index >= 15 is 0 Å². The predicted octanol–water partition coefficient (Wildman–Crippen LogP) is 1.29. The first-order chi connectivity index (χ1) is 11.7. The largest absolute Gasteiger partial charge is 0.370 e. The normalized spacial score (nSPS) is 18.0. The van der Waals surface area contributed by atoms with Crippen LogP contribution in [0.5, 0.6) is 0 Å². The number of ether oxygens (including phenoxy) is 1. The molecule has 25 heavy (non-hydrogen) atoms. The molecule has 0 aliphatic carbocycles. The molecule has 0 amide bonds. The van der Waals surface area contributed by atoms with Gasteiger partial charge in [-0.15, -0.1) is 24.0 Å². The van der Waals surface area contributed by atoms with Crippen molar-refractivity contribution in [3.63, 3.8) is 0 Å². The Morgan fingerprint density at radius 2 is 2.32 bits per heavy atom. The van der Waals surface area contributed by atoms with Crippen LogP contribution in [-0.4, -0.2) is 57.4 Å². The molecule has 136 valence electrons. The highest BCUT2D eigenvalue weighted by Gasteiger charge is 2.25. The lowest BCUT2D eigenvalue weighted by Crippen LogP contribution is -2.48. The SMILES string of the molecule is CN=C(NCc1ccnc(C)n1)N1CCOC(c2cnn(C)c2)C1.I. The van der Waals surface area contributed by atoms with Crippen LogP contribution in [-0.2, 0) is 18.3 Å². The zero-order chi connectivity index (χ0) is 16.9. The number of hydrogen-bond donors (Lipinski definition) is 1. The van der Waals surface area contributed by atoms with Gasteiger partial charge in [0, 0.05) is 38.6 Å². The molecule has 1 aliphatic heterocycles. The average Bonchev–Trinajstić information content (AvgIpc) is 3.02. The number of nitrogens with one attached hydrogen (secondary N) is 1. The topological polar surface area (TPSA) is 80.5 Å². The molecular formula is C16H24IN7O. The molecule has 0 saturated carbocycles. The van der Waals surface area contributed by atoms with Gasteiger partial charge in [-0.25, -0.2) is 9.97 Å². The van der Waals surface area contributed by atoms with Crippen molar-refractivity contribution in [3.05, 3.63) is 41.7 Å². The molecule has 3 heterocycles. The van der Waals surface area contributed by atoms with Gasteiger partial charge in [0.15, 0.2) is 5.96 Å². The fraction of sp³-hybridized carbons (Fsp3) is 0.500. The van der Waals surface area contributed by atoms with E-state index in [1.807, 2.05) is 32.4 Å². The van der Waals surface area contributed by atoms with Gasteiger partial charge in [-0.1, -0.05) is 0 Å². The van der Waals surface area contributed by atoms with E-state index in [0.717, 1.165) is 36.1 Å². The summed E-state index contributed by atoms with van der Waals surface area (Å²) in [5.41, 5.74) is 2.03. The molecule has 3 rings (SSSR count). The minimum Gasteiger partial charge on any atom is -0.370 e. The molecule has 2 aromatic rings. The lowest BCUT2D eigenvalue weighted by Gasteiger charge is -2.34. The highest BCUT2D eigenvalue weighted by Crippen LogP contribution is 2.21. The predicted molar refractivity (Wildman–Crippen MR) is 106 cm³/mol. The quantitative estimate of drug-likeness (QED) is 0.425. The van der Waals surface area contributed by atoms with Gasteiger partial charge in [0.05, 0.1) is 31.6 Å². The van der Waals surface area contributed by atoms with Crippen LogP contribution < -0.4 is 5.32 Å². The summed E-state index contributed by atoms with van der Waals surface area (Å²) in [4.78, 5) is 15.1. The molecular weight excluding hydrogens is 433 g/mol. The molecule has 1 saturated heterocycles.